The molecule has 2 aromatic rings. The Balaban J connectivity index is 2.05. The van der Waals surface area contributed by atoms with Crippen LogP contribution in [-0.4, -0.2) is 12.2 Å². The van der Waals surface area contributed by atoms with Crippen molar-refractivity contribution in [3.63, 3.8) is 0 Å². The lowest BCUT2D eigenvalue weighted by Crippen LogP contribution is -2.00. The molecule has 0 spiro atoms. The summed E-state index contributed by atoms with van der Waals surface area (Å²) >= 11 is 5.11. The van der Waals surface area contributed by atoms with Crippen molar-refractivity contribution < 1.29 is 9.84 Å². The summed E-state index contributed by atoms with van der Waals surface area (Å²) in [6.45, 7) is 0.738. The maximum Gasteiger partial charge on any atom is 0.124 e. The number of hydrogen-bond donors (Lipinski definition) is 2. The Morgan fingerprint density at radius 1 is 1.39 bits per heavy atom. The molecular formula is C13H14BrNO2S. The van der Waals surface area contributed by atoms with E-state index in [1.54, 1.807) is 18.4 Å². The van der Waals surface area contributed by atoms with E-state index in [9.17, 15) is 5.11 Å². The third kappa shape index (κ3) is 3.25. The van der Waals surface area contributed by atoms with Gasteiger partial charge in [0.25, 0.3) is 0 Å². The van der Waals surface area contributed by atoms with Crippen molar-refractivity contribution in [2.45, 2.75) is 13.2 Å². The molecular weight excluding hydrogens is 314 g/mol. The van der Waals surface area contributed by atoms with Gasteiger partial charge in [-0.2, -0.15) is 0 Å². The first kappa shape index (κ1) is 13.4. The summed E-state index contributed by atoms with van der Waals surface area (Å²) in [6.07, 6.45) is 0. The van der Waals surface area contributed by atoms with E-state index in [1.807, 2.05) is 18.2 Å². The molecule has 0 aliphatic rings. The van der Waals surface area contributed by atoms with Gasteiger partial charge in [-0.25, -0.2) is 0 Å². The van der Waals surface area contributed by atoms with Crippen LogP contribution in [0, 0.1) is 0 Å². The number of anilines is 1. The van der Waals surface area contributed by atoms with E-state index in [1.165, 1.54) is 5.56 Å². The normalized spacial score (nSPS) is 10.4. The number of rotatable bonds is 5. The van der Waals surface area contributed by atoms with E-state index in [-0.39, 0.29) is 6.61 Å². The third-order valence-electron chi connectivity index (χ3n) is 2.57. The number of benzene rings is 1. The zero-order valence-corrected chi connectivity index (χ0v) is 12.3. The fourth-order valence-electron chi connectivity index (χ4n) is 1.65. The monoisotopic (exact) mass is 327 g/mol. The second-order valence-electron chi connectivity index (χ2n) is 3.80. The highest BCUT2D eigenvalue weighted by Gasteiger charge is 2.03. The van der Waals surface area contributed by atoms with E-state index in [0.29, 0.717) is 5.75 Å². The standard InChI is InChI=1S/C13H14BrNO2S/c1-17-12-3-2-11(5-10(12)7-16)15-6-9-4-13(14)18-8-9/h2-5,8,15-16H,6-7H2,1H3. The maximum atomic E-state index is 9.25. The highest BCUT2D eigenvalue weighted by Crippen LogP contribution is 2.24. The van der Waals surface area contributed by atoms with Crippen molar-refractivity contribution in [2.24, 2.45) is 0 Å². The van der Waals surface area contributed by atoms with Crippen molar-refractivity contribution in [2.75, 3.05) is 12.4 Å². The summed E-state index contributed by atoms with van der Waals surface area (Å²) in [4.78, 5) is 0. The van der Waals surface area contributed by atoms with Gasteiger partial charge in [0.1, 0.15) is 5.75 Å². The summed E-state index contributed by atoms with van der Waals surface area (Å²) in [5.74, 6) is 0.710. The van der Waals surface area contributed by atoms with Gasteiger partial charge in [0.2, 0.25) is 0 Å². The Morgan fingerprint density at radius 2 is 2.22 bits per heavy atom. The van der Waals surface area contributed by atoms with Crippen molar-refractivity contribution in [1.82, 2.24) is 0 Å². The Morgan fingerprint density at radius 3 is 2.83 bits per heavy atom. The van der Waals surface area contributed by atoms with Crippen LogP contribution in [0.3, 0.4) is 0 Å². The zero-order valence-electron chi connectivity index (χ0n) is 9.94. The van der Waals surface area contributed by atoms with Gasteiger partial charge in [-0.3, -0.25) is 0 Å². The number of methoxy groups -OCH3 is 1. The molecule has 0 radical (unpaired) electrons. The lowest BCUT2D eigenvalue weighted by atomic mass is 10.2. The van der Waals surface area contributed by atoms with Crippen molar-refractivity contribution in [3.8, 4) is 5.75 Å². The van der Waals surface area contributed by atoms with E-state index < -0.39 is 0 Å². The molecule has 0 fully saturated rings. The maximum absolute atomic E-state index is 9.25. The molecule has 5 heteroatoms. The molecule has 2 rings (SSSR count). The summed E-state index contributed by atoms with van der Waals surface area (Å²) in [5, 5.41) is 14.7. The molecule has 18 heavy (non-hydrogen) atoms. The Kier molecular flexibility index (Phi) is 4.63. The minimum atomic E-state index is -0.0251. The first-order valence-corrected chi connectivity index (χ1v) is 7.14. The van der Waals surface area contributed by atoms with Crippen LogP contribution in [0.4, 0.5) is 5.69 Å². The fourth-order valence-corrected chi connectivity index (χ4v) is 2.86. The van der Waals surface area contributed by atoms with Gasteiger partial charge in [-0.15, -0.1) is 11.3 Å². The molecule has 0 aliphatic heterocycles. The molecule has 0 bridgehead atoms. The number of thiophene rings is 1. The fraction of sp³-hybridized carbons (Fsp3) is 0.231. The van der Waals surface area contributed by atoms with Crippen LogP contribution < -0.4 is 10.1 Å². The SMILES string of the molecule is COc1ccc(NCc2csc(Br)c2)cc1CO. The van der Waals surface area contributed by atoms with Gasteiger partial charge < -0.3 is 15.2 Å². The lowest BCUT2D eigenvalue weighted by Gasteiger charge is -2.10. The highest BCUT2D eigenvalue weighted by atomic mass is 79.9. The lowest BCUT2D eigenvalue weighted by molar-refractivity contribution is 0.274. The second-order valence-corrected chi connectivity index (χ2v) is 6.09. The van der Waals surface area contributed by atoms with Crippen LogP contribution in [-0.2, 0) is 13.2 Å². The number of halogens is 1. The van der Waals surface area contributed by atoms with Gasteiger partial charge in [0, 0.05) is 17.8 Å². The molecule has 1 aromatic heterocycles. The summed E-state index contributed by atoms with van der Waals surface area (Å²) in [7, 11) is 1.60. The van der Waals surface area contributed by atoms with Gasteiger partial charge in [0.05, 0.1) is 17.5 Å². The number of ether oxygens (including phenoxy) is 1. The summed E-state index contributed by atoms with van der Waals surface area (Å²) in [6, 6.07) is 7.80. The number of aliphatic hydroxyl groups excluding tert-OH is 1. The smallest absolute Gasteiger partial charge is 0.124 e. The zero-order chi connectivity index (χ0) is 13.0. The quantitative estimate of drug-likeness (QED) is 0.881. The van der Waals surface area contributed by atoms with Gasteiger partial charge >= 0.3 is 0 Å². The van der Waals surface area contributed by atoms with E-state index >= 15 is 0 Å². The summed E-state index contributed by atoms with van der Waals surface area (Å²) in [5.41, 5.74) is 2.99. The van der Waals surface area contributed by atoms with Gasteiger partial charge in [-0.05, 0) is 51.1 Å². The highest BCUT2D eigenvalue weighted by molar-refractivity contribution is 9.11. The van der Waals surface area contributed by atoms with Crippen LogP contribution >= 0.6 is 27.3 Å². The Bertz CT molecular complexity index is 527. The van der Waals surface area contributed by atoms with Gasteiger partial charge in [0.15, 0.2) is 0 Å². The minimum absolute atomic E-state index is 0.0251. The summed E-state index contributed by atoms with van der Waals surface area (Å²) < 4.78 is 6.29. The largest absolute Gasteiger partial charge is 0.496 e. The van der Waals surface area contributed by atoms with Crippen LogP contribution in [0.2, 0.25) is 0 Å². The second kappa shape index (κ2) is 6.22. The van der Waals surface area contributed by atoms with Crippen LogP contribution in [0.5, 0.6) is 5.75 Å². The van der Waals surface area contributed by atoms with Gasteiger partial charge in [-0.1, -0.05) is 0 Å². The average Bonchev–Trinajstić information content (AvgIpc) is 2.81. The van der Waals surface area contributed by atoms with Crippen molar-refractivity contribution >= 4 is 33.0 Å². The molecule has 3 nitrogen and oxygen atoms in total. The molecule has 0 unspecified atom stereocenters. The van der Waals surface area contributed by atoms with E-state index in [0.717, 1.165) is 21.6 Å². The molecule has 0 saturated heterocycles. The topological polar surface area (TPSA) is 41.5 Å². The number of nitrogens with one attached hydrogen (secondary N) is 1. The predicted octanol–water partition coefficient (Wildman–Crippen LogP) is 3.62. The molecule has 0 amide bonds. The molecule has 1 aromatic carbocycles. The van der Waals surface area contributed by atoms with Crippen LogP contribution in [0.15, 0.2) is 33.4 Å². The number of aliphatic hydroxyl groups is 1. The third-order valence-corrected chi connectivity index (χ3v) is 4.12. The predicted molar refractivity (Wildman–Crippen MR) is 78.3 cm³/mol. The first-order valence-electron chi connectivity index (χ1n) is 5.47. The Hall–Kier alpha value is -1.04. The first-order chi connectivity index (χ1) is 8.72. The van der Waals surface area contributed by atoms with E-state index in [2.05, 4.69) is 32.7 Å². The van der Waals surface area contributed by atoms with Crippen molar-refractivity contribution in [3.05, 3.63) is 44.6 Å². The van der Waals surface area contributed by atoms with Crippen LogP contribution in [0.25, 0.3) is 0 Å². The molecule has 0 atom stereocenters. The number of hydrogen-bond acceptors (Lipinski definition) is 4. The van der Waals surface area contributed by atoms with E-state index in [4.69, 9.17) is 4.74 Å². The van der Waals surface area contributed by atoms with Crippen molar-refractivity contribution in [1.29, 1.82) is 0 Å². The molecule has 1 heterocycles. The van der Waals surface area contributed by atoms with Crippen LogP contribution in [0.1, 0.15) is 11.1 Å². The molecule has 2 N–H and O–H groups in total. The average molecular weight is 328 g/mol. The minimum Gasteiger partial charge on any atom is -0.496 e. The molecule has 0 aliphatic carbocycles. The molecule has 96 valence electrons. The molecule has 0 saturated carbocycles. The Labute approximate surface area is 119 Å².